The molecule has 1 aromatic rings. The van der Waals surface area contributed by atoms with Gasteiger partial charge in [0.05, 0.1) is 0 Å². The molecule has 0 saturated heterocycles. The molecule has 0 bridgehead atoms. The van der Waals surface area contributed by atoms with E-state index in [2.05, 4.69) is 9.36 Å². The highest BCUT2D eigenvalue weighted by Crippen LogP contribution is 1.77. The van der Waals surface area contributed by atoms with E-state index >= 15 is 0 Å². The predicted molar refractivity (Wildman–Crippen MR) is 42.6 cm³/mol. The van der Waals surface area contributed by atoms with Crippen LogP contribution in [0.4, 0.5) is 0 Å². The van der Waals surface area contributed by atoms with E-state index in [1.165, 1.54) is 17.9 Å². The van der Waals surface area contributed by atoms with Crippen LogP contribution >= 0.6 is 11.5 Å². The summed E-state index contributed by atoms with van der Waals surface area (Å²) in [6.07, 6.45) is 1.52. The monoisotopic (exact) mass is 146 g/mol. The number of nitrogens with zero attached hydrogens (tertiary/aromatic N) is 2. The van der Waals surface area contributed by atoms with Gasteiger partial charge in [-0.2, -0.15) is 4.37 Å². The van der Waals surface area contributed by atoms with E-state index < -0.39 is 0 Å². The molecule has 54 valence electrons. The van der Waals surface area contributed by atoms with Crippen LogP contribution in [0, 0.1) is 0 Å². The fourth-order valence-electron chi connectivity index (χ4n) is 0.136. The highest BCUT2D eigenvalue weighted by atomic mass is 32.1. The molecule has 9 heavy (non-hydrogen) atoms. The second kappa shape index (κ2) is 15.6. The highest BCUT2D eigenvalue weighted by molar-refractivity contribution is 7.03. The third kappa shape index (κ3) is 11.2. The molecule has 3 heteroatoms. The van der Waals surface area contributed by atoms with Crippen LogP contribution in [0.15, 0.2) is 11.8 Å². The lowest BCUT2D eigenvalue weighted by molar-refractivity contribution is 1.33. The molecule has 0 aliphatic rings. The van der Waals surface area contributed by atoms with Gasteiger partial charge in [-0.15, -0.1) is 0 Å². The zero-order valence-electron chi connectivity index (χ0n) is 6.46. The van der Waals surface area contributed by atoms with Gasteiger partial charge in [0.1, 0.15) is 11.8 Å². The Morgan fingerprint density at radius 3 is 1.78 bits per heavy atom. The molecule has 0 aliphatic heterocycles. The van der Waals surface area contributed by atoms with Crippen LogP contribution in [-0.4, -0.2) is 9.36 Å². The maximum absolute atomic E-state index is 3.65. The summed E-state index contributed by atoms with van der Waals surface area (Å²) in [6, 6.07) is 0. The number of aromatic nitrogens is 2. The first-order valence-corrected chi connectivity index (χ1v) is 4.03. The van der Waals surface area contributed by atoms with Gasteiger partial charge in [-0.1, -0.05) is 27.7 Å². The van der Waals surface area contributed by atoms with E-state index in [9.17, 15) is 0 Å². The number of hydrogen-bond donors (Lipinski definition) is 0. The summed E-state index contributed by atoms with van der Waals surface area (Å²) in [5.74, 6) is 0. The van der Waals surface area contributed by atoms with Crippen LogP contribution in [0.3, 0.4) is 0 Å². The van der Waals surface area contributed by atoms with E-state index in [0.717, 1.165) is 0 Å². The van der Waals surface area contributed by atoms with E-state index in [1.807, 2.05) is 27.7 Å². The molecule has 0 aliphatic carbocycles. The molecular weight excluding hydrogens is 132 g/mol. The topological polar surface area (TPSA) is 25.8 Å². The molecule has 0 spiro atoms. The fraction of sp³-hybridized carbons (Fsp3) is 0.667. The highest BCUT2D eigenvalue weighted by Gasteiger charge is 1.60. The van der Waals surface area contributed by atoms with Crippen molar-refractivity contribution in [2.75, 3.05) is 0 Å². The lowest BCUT2D eigenvalue weighted by atomic mass is 11.0. The Morgan fingerprint density at radius 2 is 1.67 bits per heavy atom. The van der Waals surface area contributed by atoms with E-state index in [4.69, 9.17) is 0 Å². The standard InChI is InChI=1S/C2H2N2S.2C2H6/c1-3-2-5-4-1;2*1-2/h1-2H;2*1-2H3. The van der Waals surface area contributed by atoms with Gasteiger partial charge in [-0.05, 0) is 11.5 Å². The van der Waals surface area contributed by atoms with Crippen molar-refractivity contribution in [1.29, 1.82) is 0 Å². The quantitative estimate of drug-likeness (QED) is 0.562. The molecule has 1 heterocycles. The smallest absolute Gasteiger partial charge is 0.129 e. The van der Waals surface area contributed by atoms with Crippen molar-refractivity contribution in [3.05, 3.63) is 11.8 Å². The summed E-state index contributed by atoms with van der Waals surface area (Å²) >= 11 is 1.35. The van der Waals surface area contributed by atoms with Crippen LogP contribution in [-0.2, 0) is 0 Å². The van der Waals surface area contributed by atoms with Crippen molar-refractivity contribution in [3.8, 4) is 0 Å². The van der Waals surface area contributed by atoms with E-state index in [-0.39, 0.29) is 0 Å². The predicted octanol–water partition coefficient (Wildman–Crippen LogP) is 2.59. The van der Waals surface area contributed by atoms with Gasteiger partial charge in [0, 0.05) is 0 Å². The largest absolute Gasteiger partial charge is 0.231 e. The molecule has 0 N–H and O–H groups in total. The summed E-state index contributed by atoms with van der Waals surface area (Å²) in [6.45, 7) is 8.00. The third-order valence-electron chi connectivity index (χ3n) is 0.283. The van der Waals surface area contributed by atoms with Crippen molar-refractivity contribution in [1.82, 2.24) is 9.36 Å². The van der Waals surface area contributed by atoms with Crippen molar-refractivity contribution in [3.63, 3.8) is 0 Å². The first kappa shape index (κ1) is 11.4. The lowest BCUT2D eigenvalue weighted by Crippen LogP contribution is -1.43. The van der Waals surface area contributed by atoms with Gasteiger partial charge in [-0.25, -0.2) is 4.98 Å². The number of rotatable bonds is 0. The van der Waals surface area contributed by atoms with Crippen LogP contribution in [0.5, 0.6) is 0 Å². The molecule has 0 fully saturated rings. The van der Waals surface area contributed by atoms with E-state index in [1.54, 1.807) is 5.51 Å². The Kier molecular flexibility index (Phi) is 19.8. The van der Waals surface area contributed by atoms with Gasteiger partial charge in [0.2, 0.25) is 0 Å². The second-order valence-electron chi connectivity index (χ2n) is 0.581. The van der Waals surface area contributed by atoms with Crippen molar-refractivity contribution >= 4 is 11.5 Å². The fourth-order valence-corrected chi connectivity index (χ4v) is 0.408. The Morgan fingerprint density at radius 1 is 1.11 bits per heavy atom. The molecule has 1 rings (SSSR count). The first-order chi connectivity index (χ1) is 4.50. The average Bonchev–Trinajstić information content (AvgIpc) is 2.51. The SMILES string of the molecule is CC.CC.c1ncsn1. The molecule has 1 aromatic heterocycles. The minimum Gasteiger partial charge on any atom is -0.231 e. The van der Waals surface area contributed by atoms with Gasteiger partial charge in [0.15, 0.2) is 0 Å². The maximum atomic E-state index is 3.65. The van der Waals surface area contributed by atoms with Crippen LogP contribution in [0.25, 0.3) is 0 Å². The molecule has 0 radical (unpaired) electrons. The summed E-state index contributed by atoms with van der Waals surface area (Å²) in [5.41, 5.74) is 1.68. The summed E-state index contributed by atoms with van der Waals surface area (Å²) in [4.78, 5) is 3.63. The van der Waals surface area contributed by atoms with Crippen LogP contribution in [0.2, 0.25) is 0 Å². The normalized spacial score (nSPS) is 5.78. The van der Waals surface area contributed by atoms with Gasteiger partial charge < -0.3 is 0 Å². The van der Waals surface area contributed by atoms with Gasteiger partial charge >= 0.3 is 0 Å². The minimum absolute atomic E-state index is 1.35. The Labute approximate surface area is 61.1 Å². The van der Waals surface area contributed by atoms with E-state index in [0.29, 0.717) is 0 Å². The van der Waals surface area contributed by atoms with Crippen LogP contribution in [0.1, 0.15) is 27.7 Å². The Balaban J connectivity index is 0. The van der Waals surface area contributed by atoms with Crippen molar-refractivity contribution in [2.24, 2.45) is 0 Å². The average molecular weight is 146 g/mol. The molecular formula is C6H14N2S. The minimum atomic E-state index is 1.35. The summed E-state index contributed by atoms with van der Waals surface area (Å²) < 4.78 is 3.65. The maximum Gasteiger partial charge on any atom is 0.129 e. The summed E-state index contributed by atoms with van der Waals surface area (Å²) in [7, 11) is 0. The zero-order chi connectivity index (χ0) is 7.54. The third-order valence-corrected chi connectivity index (χ3v) is 0.715. The number of hydrogen-bond acceptors (Lipinski definition) is 3. The molecule has 0 atom stereocenters. The Hall–Kier alpha value is -0.440. The van der Waals surface area contributed by atoms with Crippen molar-refractivity contribution in [2.45, 2.75) is 27.7 Å². The van der Waals surface area contributed by atoms with Gasteiger partial charge in [0.25, 0.3) is 0 Å². The molecule has 2 nitrogen and oxygen atoms in total. The Bertz CT molecular complexity index is 67.5. The first-order valence-electron chi connectivity index (χ1n) is 3.19. The second-order valence-corrected chi connectivity index (χ2v) is 1.21. The summed E-state index contributed by atoms with van der Waals surface area (Å²) in [5, 5.41) is 0. The van der Waals surface area contributed by atoms with Gasteiger partial charge in [-0.3, -0.25) is 0 Å². The molecule has 0 amide bonds. The molecule has 0 aromatic carbocycles. The molecule has 0 saturated carbocycles. The van der Waals surface area contributed by atoms with Crippen LogP contribution < -0.4 is 0 Å². The van der Waals surface area contributed by atoms with Crippen molar-refractivity contribution < 1.29 is 0 Å². The lowest BCUT2D eigenvalue weighted by Gasteiger charge is -1.38. The molecule has 0 unspecified atom stereocenters. The zero-order valence-corrected chi connectivity index (χ0v) is 7.27.